The summed E-state index contributed by atoms with van der Waals surface area (Å²) >= 11 is 0. The van der Waals surface area contributed by atoms with E-state index in [1.54, 1.807) is 10.4 Å². The minimum Gasteiger partial charge on any atom is -0.0629 e. The van der Waals surface area contributed by atoms with E-state index in [0.717, 1.165) is 5.92 Å². The van der Waals surface area contributed by atoms with Crippen molar-refractivity contribution in [1.29, 1.82) is 0 Å². The van der Waals surface area contributed by atoms with Crippen LogP contribution in [-0.4, -0.2) is 8.80 Å². The van der Waals surface area contributed by atoms with Crippen molar-refractivity contribution in [1.82, 2.24) is 0 Å². The molecule has 2 aromatic carbocycles. The zero-order valence-electron chi connectivity index (χ0n) is 12.9. The van der Waals surface area contributed by atoms with Crippen LogP contribution in [0.4, 0.5) is 0 Å². The third kappa shape index (κ3) is 4.07. The third-order valence-corrected chi connectivity index (χ3v) is 8.35. The zero-order valence-corrected chi connectivity index (χ0v) is 14.0. The molecule has 1 aliphatic rings. The van der Waals surface area contributed by atoms with Gasteiger partial charge >= 0.3 is 0 Å². The molecule has 0 spiro atoms. The molecule has 110 valence electrons. The molecule has 1 aliphatic carbocycles. The van der Waals surface area contributed by atoms with Crippen LogP contribution in [0.2, 0.25) is 6.04 Å². The molecular weight excluding hydrogens is 268 g/mol. The van der Waals surface area contributed by atoms with Gasteiger partial charge in [0.05, 0.1) is 0 Å². The maximum atomic E-state index is 2.35. The Balaban J connectivity index is 1.67. The first-order valence-corrected chi connectivity index (χ1v) is 10.5. The molecule has 1 saturated carbocycles. The average molecular weight is 295 g/mol. The lowest BCUT2D eigenvalue weighted by Gasteiger charge is -2.17. The van der Waals surface area contributed by atoms with Gasteiger partial charge < -0.3 is 0 Å². The van der Waals surface area contributed by atoms with Crippen LogP contribution in [0.15, 0.2) is 60.7 Å². The van der Waals surface area contributed by atoms with E-state index in [9.17, 15) is 0 Å². The van der Waals surface area contributed by atoms with E-state index < -0.39 is 8.80 Å². The SMILES string of the molecule is c1ccc([SiH](CCCC2CCCC2)c2ccccc2)cc1. The fourth-order valence-electron chi connectivity index (χ4n) is 3.81. The minimum absolute atomic E-state index is 1.01. The van der Waals surface area contributed by atoms with Crippen molar-refractivity contribution in [2.75, 3.05) is 0 Å². The summed E-state index contributed by atoms with van der Waals surface area (Å²) in [6.07, 6.45) is 8.81. The lowest BCUT2D eigenvalue weighted by atomic mass is 10.0. The van der Waals surface area contributed by atoms with Crippen molar-refractivity contribution in [2.45, 2.75) is 44.6 Å². The van der Waals surface area contributed by atoms with Crippen molar-refractivity contribution in [3.63, 3.8) is 0 Å². The van der Waals surface area contributed by atoms with Gasteiger partial charge in [-0.1, -0.05) is 116 Å². The Morgan fingerprint density at radius 1 is 0.762 bits per heavy atom. The van der Waals surface area contributed by atoms with Gasteiger partial charge in [0.2, 0.25) is 0 Å². The molecule has 0 amide bonds. The van der Waals surface area contributed by atoms with E-state index in [-0.39, 0.29) is 0 Å². The fourth-order valence-corrected chi connectivity index (χ4v) is 6.88. The molecule has 21 heavy (non-hydrogen) atoms. The van der Waals surface area contributed by atoms with Crippen LogP contribution in [-0.2, 0) is 0 Å². The largest absolute Gasteiger partial charge is 0.103 e. The lowest BCUT2D eigenvalue weighted by molar-refractivity contribution is 0.496. The van der Waals surface area contributed by atoms with Gasteiger partial charge in [0, 0.05) is 0 Å². The maximum Gasteiger partial charge on any atom is 0.103 e. The molecule has 0 heterocycles. The molecule has 3 rings (SSSR count). The first kappa shape index (κ1) is 14.6. The lowest BCUT2D eigenvalue weighted by Crippen LogP contribution is -2.41. The Bertz CT molecular complexity index is 475. The number of benzene rings is 2. The Hall–Kier alpha value is -1.34. The van der Waals surface area contributed by atoms with Crippen LogP contribution in [0.25, 0.3) is 0 Å². The predicted molar refractivity (Wildman–Crippen MR) is 95.3 cm³/mol. The van der Waals surface area contributed by atoms with Gasteiger partial charge in [0.1, 0.15) is 8.80 Å². The van der Waals surface area contributed by atoms with Crippen LogP contribution >= 0.6 is 0 Å². The summed E-state index contributed by atoms with van der Waals surface area (Å²) in [7, 11) is -1.01. The first-order valence-electron chi connectivity index (χ1n) is 8.53. The van der Waals surface area contributed by atoms with Gasteiger partial charge in [0.25, 0.3) is 0 Å². The molecule has 0 aromatic heterocycles. The highest BCUT2D eigenvalue weighted by molar-refractivity contribution is 6.85. The smallest absolute Gasteiger partial charge is 0.0629 e. The second kappa shape index (κ2) is 7.60. The highest BCUT2D eigenvalue weighted by Gasteiger charge is 2.18. The predicted octanol–water partition coefficient (Wildman–Crippen LogP) is 4.00. The Morgan fingerprint density at radius 2 is 1.29 bits per heavy atom. The van der Waals surface area contributed by atoms with E-state index in [0.29, 0.717) is 0 Å². The molecule has 1 fully saturated rings. The average Bonchev–Trinajstić information content (AvgIpc) is 3.07. The quantitative estimate of drug-likeness (QED) is 0.707. The maximum absolute atomic E-state index is 2.35. The summed E-state index contributed by atoms with van der Waals surface area (Å²) < 4.78 is 0. The molecule has 0 radical (unpaired) electrons. The van der Waals surface area contributed by atoms with Crippen molar-refractivity contribution < 1.29 is 0 Å². The summed E-state index contributed by atoms with van der Waals surface area (Å²) in [5, 5.41) is 3.21. The molecule has 0 atom stereocenters. The molecule has 2 aromatic rings. The Kier molecular flexibility index (Phi) is 5.28. The molecule has 1 heteroatoms. The second-order valence-electron chi connectivity index (χ2n) is 6.46. The number of rotatable bonds is 6. The van der Waals surface area contributed by atoms with E-state index in [1.165, 1.54) is 44.6 Å². The summed E-state index contributed by atoms with van der Waals surface area (Å²) in [6.45, 7) is 0. The van der Waals surface area contributed by atoms with E-state index >= 15 is 0 Å². The molecule has 0 aliphatic heterocycles. The standard InChI is InChI=1S/C20H26Si/c1-3-13-19(14-4-1)21(20-15-5-2-6-16-20)17-9-12-18-10-7-8-11-18/h1-6,13-16,18,21H,7-12,17H2. The zero-order chi connectivity index (χ0) is 14.3. The van der Waals surface area contributed by atoms with Gasteiger partial charge in [-0.2, -0.15) is 0 Å². The van der Waals surface area contributed by atoms with Crippen LogP contribution in [0.1, 0.15) is 38.5 Å². The molecule has 0 saturated heterocycles. The fraction of sp³-hybridized carbons (Fsp3) is 0.400. The molecule has 0 unspecified atom stereocenters. The first-order chi connectivity index (χ1) is 10.4. The van der Waals surface area contributed by atoms with Gasteiger partial charge in [-0.05, 0) is 5.92 Å². The van der Waals surface area contributed by atoms with E-state index in [1.807, 2.05) is 0 Å². The van der Waals surface area contributed by atoms with Crippen molar-refractivity contribution in [3.05, 3.63) is 60.7 Å². The molecular formula is C20H26Si. The van der Waals surface area contributed by atoms with Crippen LogP contribution in [0.5, 0.6) is 0 Å². The van der Waals surface area contributed by atoms with Crippen LogP contribution < -0.4 is 10.4 Å². The van der Waals surface area contributed by atoms with E-state index in [4.69, 9.17) is 0 Å². The van der Waals surface area contributed by atoms with Crippen LogP contribution in [0.3, 0.4) is 0 Å². The summed E-state index contributed by atoms with van der Waals surface area (Å²) in [5.41, 5.74) is 0. The number of hydrogen-bond acceptors (Lipinski definition) is 0. The summed E-state index contributed by atoms with van der Waals surface area (Å²) in [5.74, 6) is 1.03. The normalized spacial score (nSPS) is 15.7. The van der Waals surface area contributed by atoms with Crippen molar-refractivity contribution in [2.24, 2.45) is 5.92 Å². The minimum atomic E-state index is -1.01. The monoisotopic (exact) mass is 294 g/mol. The van der Waals surface area contributed by atoms with Crippen molar-refractivity contribution in [3.8, 4) is 0 Å². The molecule has 0 nitrogen and oxygen atoms in total. The van der Waals surface area contributed by atoms with Gasteiger partial charge in [-0.25, -0.2) is 0 Å². The van der Waals surface area contributed by atoms with Gasteiger partial charge in [-0.3, -0.25) is 0 Å². The summed E-state index contributed by atoms with van der Waals surface area (Å²) in [6, 6.07) is 23.9. The highest BCUT2D eigenvalue weighted by atomic mass is 28.3. The Labute approximate surface area is 130 Å². The Morgan fingerprint density at radius 3 is 1.81 bits per heavy atom. The summed E-state index contributed by atoms with van der Waals surface area (Å²) in [4.78, 5) is 0. The third-order valence-electron chi connectivity index (χ3n) is 4.98. The van der Waals surface area contributed by atoms with Crippen LogP contribution in [0, 0.1) is 5.92 Å². The second-order valence-corrected chi connectivity index (χ2v) is 9.47. The number of hydrogen-bond donors (Lipinski definition) is 0. The highest BCUT2D eigenvalue weighted by Crippen LogP contribution is 2.29. The molecule has 0 bridgehead atoms. The molecule has 0 N–H and O–H groups in total. The van der Waals surface area contributed by atoms with Crippen molar-refractivity contribution >= 4 is 19.2 Å². The topological polar surface area (TPSA) is 0 Å². The van der Waals surface area contributed by atoms with Gasteiger partial charge in [-0.15, -0.1) is 0 Å². The van der Waals surface area contributed by atoms with Gasteiger partial charge in [0.15, 0.2) is 0 Å². The van der Waals surface area contributed by atoms with E-state index in [2.05, 4.69) is 60.7 Å².